The number of rotatable bonds is 2. The predicted molar refractivity (Wildman–Crippen MR) is 224 cm³/mol. The van der Waals surface area contributed by atoms with Crippen molar-refractivity contribution < 1.29 is 0 Å². The molecule has 2 nitrogen and oxygen atoms in total. The normalized spacial score (nSPS) is 15.5. The van der Waals surface area contributed by atoms with Gasteiger partial charge in [0.1, 0.15) is 0 Å². The number of hydrogen-bond donors (Lipinski definition) is 0. The van der Waals surface area contributed by atoms with E-state index in [9.17, 15) is 0 Å². The van der Waals surface area contributed by atoms with Gasteiger partial charge in [-0.2, -0.15) is 0 Å². The van der Waals surface area contributed by atoms with E-state index in [1.54, 1.807) is 8.52 Å². The molecule has 4 heteroatoms. The standard InChI is InChI=1S/C48H36N2Se2/c1-47(2)35-19-11-13-21-37(35)49(29-15-7-5-8-16-29)39-25-23-31-33-27-42-34(28-41(33)51-45(31)43(39)47)32-24-26-40-44(46(32)52-42)48(3,4)36-20-12-14-22-38(36)50(40)30-17-9-6-10-18-30/h5-28H,1-4H3. The molecule has 11 rings (SSSR count). The van der Waals surface area contributed by atoms with Gasteiger partial charge < -0.3 is 0 Å². The Balaban J connectivity index is 1.16. The molecule has 0 amide bonds. The van der Waals surface area contributed by atoms with Gasteiger partial charge >= 0.3 is 318 Å². The van der Waals surface area contributed by atoms with E-state index < -0.39 is 0 Å². The van der Waals surface area contributed by atoms with Crippen LogP contribution in [0.25, 0.3) is 38.6 Å². The van der Waals surface area contributed by atoms with E-state index in [4.69, 9.17) is 0 Å². The van der Waals surface area contributed by atoms with Gasteiger partial charge in [-0.15, -0.1) is 0 Å². The van der Waals surface area contributed by atoms with Crippen molar-refractivity contribution in [1.82, 2.24) is 0 Å². The molecule has 2 aromatic heterocycles. The Kier molecular flexibility index (Phi) is 6.42. The molecule has 4 heterocycles. The molecule has 2 aliphatic heterocycles. The van der Waals surface area contributed by atoms with Gasteiger partial charge in [0.05, 0.1) is 0 Å². The van der Waals surface area contributed by atoms with E-state index in [-0.39, 0.29) is 39.8 Å². The van der Waals surface area contributed by atoms with Crippen molar-refractivity contribution in [2.45, 2.75) is 38.5 Å². The summed E-state index contributed by atoms with van der Waals surface area (Å²) in [4.78, 5) is 4.99. The first-order valence-corrected chi connectivity index (χ1v) is 21.5. The van der Waals surface area contributed by atoms with Gasteiger partial charge in [-0.25, -0.2) is 0 Å². The molecular weight excluding hydrogens is 762 g/mol. The minimum absolute atomic E-state index is 0.114. The van der Waals surface area contributed by atoms with Crippen LogP contribution in [0.15, 0.2) is 146 Å². The molecule has 9 aromatic rings. The first kappa shape index (κ1) is 30.8. The van der Waals surface area contributed by atoms with Gasteiger partial charge in [0.15, 0.2) is 0 Å². The molecule has 0 aliphatic carbocycles. The summed E-state index contributed by atoms with van der Waals surface area (Å²) in [6.45, 7) is 9.75. The first-order valence-electron chi connectivity index (χ1n) is 18.1. The Morgan fingerprint density at radius 3 is 1.19 bits per heavy atom. The van der Waals surface area contributed by atoms with E-state index in [2.05, 4.69) is 183 Å². The first-order chi connectivity index (χ1) is 25.3. The molecule has 0 spiro atoms. The zero-order chi connectivity index (χ0) is 34.9. The molecule has 0 unspecified atom stereocenters. The third-order valence-electron chi connectivity index (χ3n) is 11.8. The fraction of sp³-hybridized carbons (Fsp3) is 0.125. The van der Waals surface area contributed by atoms with E-state index in [0.29, 0.717) is 0 Å². The molecule has 52 heavy (non-hydrogen) atoms. The van der Waals surface area contributed by atoms with Crippen molar-refractivity contribution in [2.24, 2.45) is 0 Å². The molecule has 0 bridgehead atoms. The van der Waals surface area contributed by atoms with Gasteiger partial charge in [0.2, 0.25) is 0 Å². The zero-order valence-corrected chi connectivity index (χ0v) is 33.0. The Hall–Kier alpha value is -4.82. The van der Waals surface area contributed by atoms with Crippen molar-refractivity contribution in [3.8, 4) is 0 Å². The number of para-hydroxylation sites is 4. The fourth-order valence-corrected chi connectivity index (χ4v) is 15.3. The third-order valence-corrected chi connectivity index (χ3v) is 16.7. The summed E-state index contributed by atoms with van der Waals surface area (Å²) in [7, 11) is 0. The predicted octanol–water partition coefficient (Wildman–Crippen LogP) is 12.6. The van der Waals surface area contributed by atoms with Crippen molar-refractivity contribution in [2.75, 3.05) is 9.80 Å². The Labute approximate surface area is 316 Å². The molecule has 0 saturated carbocycles. The van der Waals surface area contributed by atoms with Gasteiger partial charge in [0.25, 0.3) is 0 Å². The van der Waals surface area contributed by atoms with Crippen LogP contribution in [-0.4, -0.2) is 29.0 Å². The Morgan fingerprint density at radius 2 is 0.769 bits per heavy atom. The van der Waals surface area contributed by atoms with Crippen LogP contribution in [0.5, 0.6) is 0 Å². The minimum atomic E-state index is -0.114. The summed E-state index contributed by atoms with van der Waals surface area (Å²) < 4.78 is 6.15. The second-order valence-electron chi connectivity index (χ2n) is 15.3. The van der Waals surface area contributed by atoms with Crippen molar-refractivity contribution in [3.63, 3.8) is 0 Å². The van der Waals surface area contributed by atoms with E-state index in [0.717, 1.165) is 0 Å². The number of fused-ring (bicyclic) bond motifs is 12. The summed E-state index contributed by atoms with van der Waals surface area (Å²) in [5, 5.41) is 5.79. The maximum absolute atomic E-state index is 2.59. The average molecular weight is 799 g/mol. The third kappa shape index (κ3) is 4.07. The number of nitrogens with zero attached hydrogens (tertiary/aromatic N) is 2. The van der Waals surface area contributed by atoms with Gasteiger partial charge in [-0.1, -0.05) is 0 Å². The number of benzene rings is 7. The molecule has 7 aromatic carbocycles. The van der Waals surface area contributed by atoms with Gasteiger partial charge in [-0.05, 0) is 0 Å². The second-order valence-corrected chi connectivity index (χ2v) is 19.8. The van der Waals surface area contributed by atoms with Crippen LogP contribution in [0.3, 0.4) is 0 Å². The van der Waals surface area contributed by atoms with Crippen LogP contribution >= 0.6 is 0 Å². The molecule has 250 valence electrons. The number of anilines is 6. The summed E-state index contributed by atoms with van der Waals surface area (Å²) in [5.41, 5.74) is 13.2. The summed E-state index contributed by atoms with van der Waals surface area (Å²) in [6, 6.07) is 54.7. The van der Waals surface area contributed by atoms with Crippen LogP contribution in [0.2, 0.25) is 0 Å². The molecule has 0 atom stereocenters. The average Bonchev–Trinajstić information content (AvgIpc) is 3.71. The van der Waals surface area contributed by atoms with Crippen LogP contribution in [-0.2, 0) is 10.8 Å². The summed E-state index contributed by atoms with van der Waals surface area (Å²) >= 11 is 0.395. The van der Waals surface area contributed by atoms with Crippen LogP contribution in [0.1, 0.15) is 49.9 Å². The van der Waals surface area contributed by atoms with Crippen LogP contribution < -0.4 is 9.80 Å². The van der Waals surface area contributed by atoms with Crippen molar-refractivity contribution in [1.29, 1.82) is 0 Å². The number of hydrogen-bond acceptors (Lipinski definition) is 2. The van der Waals surface area contributed by atoms with Crippen molar-refractivity contribution in [3.05, 3.63) is 168 Å². The molecule has 0 N–H and O–H groups in total. The zero-order valence-electron chi connectivity index (χ0n) is 29.6. The molecule has 0 radical (unpaired) electrons. The molecule has 2 aliphatic rings. The van der Waals surface area contributed by atoms with Crippen LogP contribution in [0, 0.1) is 0 Å². The van der Waals surface area contributed by atoms with E-state index in [1.807, 2.05) is 0 Å². The van der Waals surface area contributed by atoms with Gasteiger partial charge in [-0.3, -0.25) is 0 Å². The molecule has 0 saturated heterocycles. The summed E-state index contributed by atoms with van der Waals surface area (Å²) in [6.07, 6.45) is 0. The van der Waals surface area contributed by atoms with Crippen molar-refractivity contribution >= 4 is 102 Å². The van der Waals surface area contributed by atoms with Gasteiger partial charge in [0, 0.05) is 0 Å². The quantitative estimate of drug-likeness (QED) is 0.161. The SMILES string of the molecule is CC1(C)c2ccccc2N(c2ccccc2)c2ccc3c([se]c4cc5c(cc43)[se]c3c4c(ccc35)N(c3ccccc3)c3ccccc3C4(C)C)c21. The summed E-state index contributed by atoms with van der Waals surface area (Å²) in [5.74, 6) is 0. The Bertz CT molecular complexity index is 2710. The second kappa shape index (κ2) is 10.9. The molecular formula is C48H36N2Se2. The Morgan fingerprint density at radius 1 is 0.385 bits per heavy atom. The fourth-order valence-electron chi connectivity index (χ4n) is 9.36. The van der Waals surface area contributed by atoms with E-state index >= 15 is 0 Å². The van der Waals surface area contributed by atoms with Crippen LogP contribution in [0.4, 0.5) is 34.1 Å². The topological polar surface area (TPSA) is 6.48 Å². The van der Waals surface area contributed by atoms with E-state index in [1.165, 1.54) is 86.4 Å². The maximum atomic E-state index is 2.59. The monoisotopic (exact) mass is 800 g/mol. The molecule has 0 fully saturated rings.